The number of amides is 2. The number of carbonyl (C=O) groups excluding carboxylic acids is 2. The van der Waals surface area contributed by atoms with Crippen LogP contribution in [0.2, 0.25) is 0 Å². The Bertz CT molecular complexity index is 672. The van der Waals surface area contributed by atoms with Gasteiger partial charge in [-0.05, 0) is 20.8 Å². The van der Waals surface area contributed by atoms with E-state index >= 15 is 0 Å². The molecular formula is C13H21N5O5. The van der Waals surface area contributed by atoms with Crippen LogP contribution in [0.15, 0.2) is 15.9 Å². The number of hydrogen-bond acceptors (Lipinski definition) is 6. The minimum Gasteiger partial charge on any atom is -0.444 e. The van der Waals surface area contributed by atoms with Gasteiger partial charge in [0.05, 0.1) is 0 Å². The van der Waals surface area contributed by atoms with Gasteiger partial charge in [0, 0.05) is 20.1 Å². The summed E-state index contributed by atoms with van der Waals surface area (Å²) >= 11 is 0. The van der Waals surface area contributed by atoms with E-state index in [1.807, 2.05) is 5.10 Å². The summed E-state index contributed by atoms with van der Waals surface area (Å²) in [6, 6.07) is 0. The van der Waals surface area contributed by atoms with Crippen LogP contribution in [0, 0.1) is 0 Å². The van der Waals surface area contributed by atoms with E-state index in [2.05, 4.69) is 10.4 Å². The Hall–Kier alpha value is -2.65. The average molecular weight is 327 g/mol. The van der Waals surface area contributed by atoms with E-state index in [4.69, 9.17) is 4.74 Å². The number of nitrogens with one attached hydrogen (secondary N) is 2. The molecule has 1 heterocycles. The molecule has 23 heavy (non-hydrogen) atoms. The van der Waals surface area contributed by atoms with E-state index in [9.17, 15) is 19.2 Å². The first-order valence-electron chi connectivity index (χ1n) is 6.95. The fourth-order valence-corrected chi connectivity index (χ4v) is 1.54. The molecule has 2 amide bonds. The molecule has 0 fully saturated rings. The number of H-pyrrole nitrogens is 1. The summed E-state index contributed by atoms with van der Waals surface area (Å²) < 4.78 is 6.20. The number of carbonyl (C=O) groups is 2. The zero-order valence-electron chi connectivity index (χ0n) is 13.6. The van der Waals surface area contributed by atoms with Gasteiger partial charge in [-0.1, -0.05) is 0 Å². The molecule has 1 aromatic heterocycles. The maximum Gasteiger partial charge on any atom is 0.410 e. The Morgan fingerprint density at radius 1 is 1.39 bits per heavy atom. The van der Waals surface area contributed by atoms with Crippen molar-refractivity contribution in [3.63, 3.8) is 0 Å². The molecule has 0 atom stereocenters. The van der Waals surface area contributed by atoms with E-state index in [-0.39, 0.29) is 19.6 Å². The molecule has 0 aliphatic rings. The lowest BCUT2D eigenvalue weighted by Gasteiger charge is -2.24. The van der Waals surface area contributed by atoms with Crippen molar-refractivity contribution in [3.05, 3.63) is 27.0 Å². The second-order valence-corrected chi connectivity index (χ2v) is 5.87. The summed E-state index contributed by atoms with van der Waals surface area (Å²) in [6.45, 7) is 5.21. The lowest BCUT2D eigenvalue weighted by Crippen LogP contribution is -2.43. The van der Waals surface area contributed by atoms with Crippen molar-refractivity contribution in [3.8, 4) is 0 Å². The molecule has 0 spiro atoms. The predicted octanol–water partition coefficient (Wildman–Crippen LogP) is -1.09. The van der Waals surface area contributed by atoms with Crippen LogP contribution in [-0.2, 0) is 16.1 Å². The molecule has 0 aromatic carbocycles. The average Bonchev–Trinajstić information content (AvgIpc) is 2.41. The summed E-state index contributed by atoms with van der Waals surface area (Å²) in [6.07, 6.45) is 0.561. The summed E-state index contributed by atoms with van der Waals surface area (Å²) in [7, 11) is 1.44. The number of nitrogens with zero attached hydrogens (tertiary/aromatic N) is 3. The molecule has 0 saturated heterocycles. The maximum absolute atomic E-state index is 11.7. The first kappa shape index (κ1) is 18.4. The zero-order chi connectivity index (χ0) is 17.6. The number of aromatic nitrogens is 3. The van der Waals surface area contributed by atoms with Crippen molar-refractivity contribution < 1.29 is 14.3 Å². The fraction of sp³-hybridized carbons (Fsp3) is 0.615. The van der Waals surface area contributed by atoms with Crippen LogP contribution in [0.25, 0.3) is 0 Å². The minimum atomic E-state index is -0.830. The number of rotatable bonds is 5. The fourth-order valence-electron chi connectivity index (χ4n) is 1.54. The van der Waals surface area contributed by atoms with Gasteiger partial charge in [-0.3, -0.25) is 19.0 Å². The Labute approximate surface area is 132 Å². The molecule has 1 rings (SSSR count). The molecule has 0 unspecified atom stereocenters. The van der Waals surface area contributed by atoms with E-state index < -0.39 is 28.7 Å². The Morgan fingerprint density at radius 3 is 2.65 bits per heavy atom. The van der Waals surface area contributed by atoms with Crippen LogP contribution in [0.3, 0.4) is 0 Å². The highest BCUT2D eigenvalue weighted by atomic mass is 16.6. The lowest BCUT2D eigenvalue weighted by atomic mass is 10.2. The van der Waals surface area contributed by atoms with Crippen molar-refractivity contribution in [1.82, 2.24) is 25.0 Å². The molecule has 1 aromatic rings. The van der Waals surface area contributed by atoms with Crippen LogP contribution in [0.5, 0.6) is 0 Å². The number of likely N-dealkylation sites (N-methyl/N-ethyl adjacent to an activating group) is 1. The number of hydrogen-bond donors (Lipinski definition) is 2. The lowest BCUT2D eigenvalue weighted by molar-refractivity contribution is -0.122. The van der Waals surface area contributed by atoms with Gasteiger partial charge in [-0.25, -0.2) is 9.89 Å². The maximum atomic E-state index is 11.7. The first-order valence-corrected chi connectivity index (χ1v) is 6.95. The van der Waals surface area contributed by atoms with Crippen LogP contribution in [0.1, 0.15) is 20.8 Å². The normalized spacial score (nSPS) is 11.0. The van der Waals surface area contributed by atoms with Crippen molar-refractivity contribution in [2.75, 3.05) is 20.1 Å². The SMILES string of the molecule is CN(CC(=O)NCCn1cn[nH]c(=O)c1=O)C(=O)OC(C)(C)C. The third-order valence-corrected chi connectivity index (χ3v) is 2.58. The Balaban J connectivity index is 2.43. The molecule has 2 N–H and O–H groups in total. The largest absolute Gasteiger partial charge is 0.444 e. The predicted molar refractivity (Wildman–Crippen MR) is 81.0 cm³/mol. The second-order valence-electron chi connectivity index (χ2n) is 5.87. The van der Waals surface area contributed by atoms with Crippen molar-refractivity contribution >= 4 is 12.0 Å². The zero-order valence-corrected chi connectivity index (χ0v) is 13.6. The van der Waals surface area contributed by atoms with Crippen LogP contribution in [-0.4, -0.2) is 57.4 Å². The Morgan fingerprint density at radius 2 is 2.04 bits per heavy atom. The minimum absolute atomic E-state index is 0.0949. The van der Waals surface area contributed by atoms with Crippen molar-refractivity contribution in [2.45, 2.75) is 32.9 Å². The van der Waals surface area contributed by atoms with E-state index in [1.54, 1.807) is 20.8 Å². The van der Waals surface area contributed by atoms with Gasteiger partial charge in [0.2, 0.25) is 5.91 Å². The summed E-state index contributed by atoms with van der Waals surface area (Å²) in [4.78, 5) is 47.1. The van der Waals surface area contributed by atoms with Crippen LogP contribution >= 0.6 is 0 Å². The number of ether oxygens (including phenoxy) is 1. The second kappa shape index (κ2) is 7.56. The Kier molecular flexibility index (Phi) is 6.05. The van der Waals surface area contributed by atoms with Gasteiger partial charge in [-0.15, -0.1) is 0 Å². The molecule has 0 aliphatic heterocycles. The molecule has 0 aliphatic carbocycles. The topological polar surface area (TPSA) is 126 Å². The third-order valence-electron chi connectivity index (χ3n) is 2.58. The van der Waals surface area contributed by atoms with E-state index in [1.165, 1.54) is 13.4 Å². The highest BCUT2D eigenvalue weighted by molar-refractivity contribution is 5.82. The van der Waals surface area contributed by atoms with E-state index in [0.717, 1.165) is 9.47 Å². The van der Waals surface area contributed by atoms with Crippen LogP contribution in [0.4, 0.5) is 4.79 Å². The third kappa shape index (κ3) is 6.32. The summed E-state index contributed by atoms with van der Waals surface area (Å²) in [5, 5.41) is 8.04. The quantitative estimate of drug-likeness (QED) is 0.662. The van der Waals surface area contributed by atoms with Gasteiger partial charge >= 0.3 is 17.2 Å². The molecule has 10 nitrogen and oxygen atoms in total. The standard InChI is InChI=1S/C13H21N5O5/c1-13(2,3)23-12(22)17(4)7-9(19)14-5-6-18-8-15-16-10(20)11(18)21/h8H,5-7H2,1-4H3,(H,14,19)(H,16,20). The van der Waals surface area contributed by atoms with Gasteiger partial charge in [0.1, 0.15) is 18.5 Å². The molecule has 10 heteroatoms. The van der Waals surface area contributed by atoms with Gasteiger partial charge in [-0.2, -0.15) is 5.10 Å². The molecule has 0 saturated carbocycles. The number of aromatic amines is 1. The molecule has 0 radical (unpaired) electrons. The van der Waals surface area contributed by atoms with Crippen molar-refractivity contribution in [2.24, 2.45) is 0 Å². The van der Waals surface area contributed by atoms with Gasteiger partial charge in [0.25, 0.3) is 0 Å². The van der Waals surface area contributed by atoms with E-state index in [0.29, 0.717) is 0 Å². The monoisotopic (exact) mass is 327 g/mol. The molecule has 128 valence electrons. The summed E-state index contributed by atoms with van der Waals surface area (Å²) in [5.41, 5.74) is -2.22. The van der Waals surface area contributed by atoms with Crippen molar-refractivity contribution in [1.29, 1.82) is 0 Å². The smallest absolute Gasteiger partial charge is 0.410 e. The highest BCUT2D eigenvalue weighted by Gasteiger charge is 2.20. The van der Waals surface area contributed by atoms with Gasteiger partial charge in [0.15, 0.2) is 0 Å². The van der Waals surface area contributed by atoms with Crippen LogP contribution < -0.4 is 16.4 Å². The summed E-state index contributed by atoms with van der Waals surface area (Å²) in [5.74, 6) is -0.413. The first-order chi connectivity index (χ1) is 10.6. The molecular weight excluding hydrogens is 306 g/mol. The van der Waals surface area contributed by atoms with Gasteiger partial charge < -0.3 is 15.0 Å². The molecule has 0 bridgehead atoms. The highest BCUT2D eigenvalue weighted by Crippen LogP contribution is 2.08.